The van der Waals surface area contributed by atoms with Crippen LogP contribution in [-0.2, 0) is 19.1 Å². The van der Waals surface area contributed by atoms with Gasteiger partial charge in [0.2, 0.25) is 5.91 Å². The minimum absolute atomic E-state index is 0.0577. The van der Waals surface area contributed by atoms with Gasteiger partial charge >= 0.3 is 12.1 Å². The minimum Gasteiger partial charge on any atom is -0.480 e. The zero-order chi connectivity index (χ0) is 21.1. The summed E-state index contributed by atoms with van der Waals surface area (Å²) in [5.41, 5.74) is 4.51. The van der Waals surface area contributed by atoms with Crippen molar-refractivity contribution in [2.75, 3.05) is 26.4 Å². The predicted molar refractivity (Wildman–Crippen MR) is 107 cm³/mol. The van der Waals surface area contributed by atoms with E-state index in [0.717, 1.165) is 22.3 Å². The van der Waals surface area contributed by atoms with E-state index in [4.69, 9.17) is 14.6 Å². The number of carbonyl (C=O) groups is 3. The molecule has 2 aliphatic rings. The molecule has 1 heterocycles. The number of carboxylic acid groups (broad SMARTS) is 1. The Morgan fingerprint density at radius 3 is 2.27 bits per heavy atom. The largest absolute Gasteiger partial charge is 0.480 e. The number of fused-ring (bicyclic) bond motifs is 3. The van der Waals surface area contributed by atoms with E-state index in [0.29, 0.717) is 0 Å². The summed E-state index contributed by atoms with van der Waals surface area (Å²) < 4.78 is 10.8. The molecule has 156 valence electrons. The molecule has 0 radical (unpaired) electrons. The number of hydrogen-bond acceptors (Lipinski definition) is 5. The minimum atomic E-state index is -1.14. The third kappa shape index (κ3) is 3.99. The molecule has 8 nitrogen and oxygen atoms in total. The first-order chi connectivity index (χ1) is 14.5. The Bertz CT molecular complexity index is 930. The summed E-state index contributed by atoms with van der Waals surface area (Å²) >= 11 is 0. The molecule has 1 fully saturated rings. The van der Waals surface area contributed by atoms with Crippen LogP contribution < -0.4 is 10.6 Å². The molecule has 0 spiro atoms. The second-order valence-corrected chi connectivity index (χ2v) is 7.33. The first-order valence-electron chi connectivity index (χ1n) is 9.73. The predicted octanol–water partition coefficient (Wildman–Crippen LogP) is 1.74. The Balaban J connectivity index is 1.37. The molecule has 3 N–H and O–H groups in total. The quantitative estimate of drug-likeness (QED) is 0.669. The third-order valence-corrected chi connectivity index (χ3v) is 5.48. The molecule has 30 heavy (non-hydrogen) atoms. The molecule has 2 unspecified atom stereocenters. The van der Waals surface area contributed by atoms with Crippen LogP contribution in [-0.4, -0.2) is 55.5 Å². The molecule has 1 aliphatic carbocycles. The van der Waals surface area contributed by atoms with Gasteiger partial charge in [-0.05, 0) is 22.3 Å². The maximum absolute atomic E-state index is 12.4. The van der Waals surface area contributed by atoms with Crippen molar-refractivity contribution in [3.8, 4) is 11.1 Å². The zero-order valence-electron chi connectivity index (χ0n) is 16.2. The fraction of sp³-hybridized carbons (Fsp3) is 0.318. The van der Waals surface area contributed by atoms with Crippen LogP contribution in [0.1, 0.15) is 17.0 Å². The molecular formula is C22H22N2O6. The van der Waals surface area contributed by atoms with Crippen molar-refractivity contribution in [2.24, 2.45) is 5.92 Å². The van der Waals surface area contributed by atoms with Crippen molar-refractivity contribution in [3.63, 3.8) is 0 Å². The van der Waals surface area contributed by atoms with Crippen molar-refractivity contribution in [1.29, 1.82) is 0 Å². The van der Waals surface area contributed by atoms with Crippen molar-refractivity contribution >= 4 is 18.0 Å². The van der Waals surface area contributed by atoms with Gasteiger partial charge in [-0.1, -0.05) is 48.5 Å². The normalized spacial score (nSPS) is 19.6. The number of benzene rings is 2. The van der Waals surface area contributed by atoms with E-state index >= 15 is 0 Å². The van der Waals surface area contributed by atoms with Crippen molar-refractivity contribution in [2.45, 2.75) is 12.0 Å². The number of rotatable bonds is 6. The SMILES string of the molecule is O=C(O)CNC(=O)C1COCC1NC(=O)OCC1c2ccccc2-c2ccccc21. The standard InChI is InChI=1S/C22H22N2O6/c25-20(26)9-23-21(27)18-10-29-12-19(18)24-22(28)30-11-17-15-7-3-1-5-13(15)14-6-2-4-8-16(14)17/h1-8,17-19H,9-12H2,(H,23,27)(H,24,28)(H,25,26). The molecule has 2 aromatic carbocycles. The highest BCUT2D eigenvalue weighted by atomic mass is 16.5. The van der Waals surface area contributed by atoms with E-state index < -0.39 is 36.5 Å². The Hall–Kier alpha value is -3.39. The first kappa shape index (κ1) is 19.9. The number of carboxylic acids is 1. The fourth-order valence-corrected chi connectivity index (χ4v) is 4.04. The topological polar surface area (TPSA) is 114 Å². The van der Waals surface area contributed by atoms with Crippen molar-refractivity contribution in [3.05, 3.63) is 59.7 Å². The van der Waals surface area contributed by atoms with Gasteiger partial charge in [0.05, 0.1) is 25.2 Å². The summed E-state index contributed by atoms with van der Waals surface area (Å²) in [4.78, 5) is 35.2. The molecule has 0 aromatic heterocycles. The van der Waals surface area contributed by atoms with E-state index in [2.05, 4.69) is 22.8 Å². The van der Waals surface area contributed by atoms with Crippen LogP contribution in [0, 0.1) is 5.92 Å². The van der Waals surface area contributed by atoms with E-state index in [-0.39, 0.29) is 25.7 Å². The monoisotopic (exact) mass is 410 g/mol. The first-order valence-corrected chi connectivity index (χ1v) is 9.73. The molecular weight excluding hydrogens is 388 g/mol. The summed E-state index contributed by atoms with van der Waals surface area (Å²) in [7, 11) is 0. The average Bonchev–Trinajstić information content (AvgIpc) is 3.33. The highest BCUT2D eigenvalue weighted by Gasteiger charge is 2.36. The second-order valence-electron chi connectivity index (χ2n) is 7.33. The lowest BCUT2D eigenvalue weighted by Crippen LogP contribution is -2.47. The lowest BCUT2D eigenvalue weighted by molar-refractivity contribution is -0.138. The van der Waals surface area contributed by atoms with Crippen LogP contribution in [0.5, 0.6) is 0 Å². The van der Waals surface area contributed by atoms with Crippen LogP contribution in [0.15, 0.2) is 48.5 Å². The number of hydrogen-bond donors (Lipinski definition) is 3. The number of carbonyl (C=O) groups excluding carboxylic acids is 2. The van der Waals surface area contributed by atoms with Gasteiger partial charge < -0.3 is 25.2 Å². The molecule has 2 amide bonds. The van der Waals surface area contributed by atoms with E-state index in [1.54, 1.807) is 0 Å². The van der Waals surface area contributed by atoms with E-state index in [9.17, 15) is 14.4 Å². The summed E-state index contributed by atoms with van der Waals surface area (Å²) in [5.74, 6) is -2.33. The fourth-order valence-electron chi connectivity index (χ4n) is 4.04. The number of amides is 2. The van der Waals surface area contributed by atoms with Crippen LogP contribution in [0.2, 0.25) is 0 Å². The van der Waals surface area contributed by atoms with Crippen LogP contribution in [0.4, 0.5) is 4.79 Å². The lowest BCUT2D eigenvalue weighted by Gasteiger charge is -2.19. The molecule has 0 bridgehead atoms. The highest BCUT2D eigenvalue weighted by molar-refractivity contribution is 5.84. The van der Waals surface area contributed by atoms with Crippen LogP contribution in [0.3, 0.4) is 0 Å². The van der Waals surface area contributed by atoms with E-state index in [1.807, 2.05) is 36.4 Å². The van der Waals surface area contributed by atoms with Crippen LogP contribution in [0.25, 0.3) is 11.1 Å². The third-order valence-electron chi connectivity index (χ3n) is 5.48. The highest BCUT2D eigenvalue weighted by Crippen LogP contribution is 2.44. The Morgan fingerprint density at radius 2 is 1.63 bits per heavy atom. The summed E-state index contributed by atoms with van der Waals surface area (Å²) in [6.07, 6.45) is -0.636. The van der Waals surface area contributed by atoms with Gasteiger partial charge in [0, 0.05) is 5.92 Å². The maximum atomic E-state index is 12.4. The second kappa shape index (κ2) is 8.54. The van der Waals surface area contributed by atoms with Gasteiger partial charge in [-0.15, -0.1) is 0 Å². The molecule has 8 heteroatoms. The summed E-state index contributed by atoms with van der Waals surface area (Å²) in [6, 6.07) is 15.5. The van der Waals surface area contributed by atoms with Gasteiger partial charge in [0.25, 0.3) is 0 Å². The van der Waals surface area contributed by atoms with Crippen molar-refractivity contribution in [1.82, 2.24) is 10.6 Å². The van der Waals surface area contributed by atoms with Crippen LogP contribution >= 0.6 is 0 Å². The summed E-state index contributed by atoms with van der Waals surface area (Å²) in [5, 5.41) is 13.7. The Kier molecular flexibility index (Phi) is 5.67. The zero-order valence-corrected chi connectivity index (χ0v) is 16.2. The van der Waals surface area contributed by atoms with Crippen molar-refractivity contribution < 1.29 is 29.0 Å². The molecule has 0 saturated carbocycles. The van der Waals surface area contributed by atoms with Gasteiger partial charge in [-0.2, -0.15) is 0 Å². The number of alkyl carbamates (subject to hydrolysis) is 1. The van der Waals surface area contributed by atoms with Gasteiger partial charge in [-0.25, -0.2) is 4.79 Å². The van der Waals surface area contributed by atoms with Gasteiger partial charge in [-0.3, -0.25) is 9.59 Å². The molecule has 1 aliphatic heterocycles. The average molecular weight is 410 g/mol. The number of nitrogens with one attached hydrogen (secondary N) is 2. The Labute approximate surface area is 173 Å². The maximum Gasteiger partial charge on any atom is 0.407 e. The molecule has 4 rings (SSSR count). The smallest absolute Gasteiger partial charge is 0.407 e. The number of ether oxygens (including phenoxy) is 2. The van der Waals surface area contributed by atoms with Gasteiger partial charge in [0.1, 0.15) is 13.2 Å². The van der Waals surface area contributed by atoms with Gasteiger partial charge in [0.15, 0.2) is 0 Å². The molecule has 2 aromatic rings. The number of aliphatic carboxylic acids is 1. The summed E-state index contributed by atoms with van der Waals surface area (Å²) in [6.45, 7) is -0.0363. The molecule has 1 saturated heterocycles. The van der Waals surface area contributed by atoms with E-state index in [1.165, 1.54) is 0 Å². The molecule has 2 atom stereocenters. The lowest BCUT2D eigenvalue weighted by atomic mass is 9.98. The Morgan fingerprint density at radius 1 is 1.00 bits per heavy atom.